The number of thioether (sulfide) groups is 1. The summed E-state index contributed by atoms with van der Waals surface area (Å²) in [6.07, 6.45) is 1.44. The van der Waals surface area contributed by atoms with Gasteiger partial charge in [0.1, 0.15) is 0 Å². The van der Waals surface area contributed by atoms with E-state index in [9.17, 15) is 13.2 Å². The topological polar surface area (TPSA) is 57.7 Å². The third-order valence-corrected chi connectivity index (χ3v) is 8.98. The van der Waals surface area contributed by atoms with E-state index in [1.807, 2.05) is 23.6 Å². The Kier molecular flexibility index (Phi) is 9.04. The molecule has 0 N–H and O–H groups in total. The molecule has 1 amide bonds. The summed E-state index contributed by atoms with van der Waals surface area (Å²) in [5.41, 5.74) is 0.306. The molecule has 2 aromatic rings. The molecule has 3 rings (SSSR count). The average Bonchev–Trinajstić information content (AvgIpc) is 2.77. The number of anilines is 1. The van der Waals surface area contributed by atoms with E-state index in [1.54, 1.807) is 18.2 Å². The molecule has 0 saturated carbocycles. The Hall–Kier alpha value is -1.12. The Morgan fingerprint density at radius 1 is 1.06 bits per heavy atom. The molecular weight excluding hydrogens is 511 g/mol. The maximum absolute atomic E-state index is 13.6. The van der Waals surface area contributed by atoms with Gasteiger partial charge >= 0.3 is 0 Å². The van der Waals surface area contributed by atoms with Crippen LogP contribution in [0.15, 0.2) is 47.4 Å². The van der Waals surface area contributed by atoms with Crippen LogP contribution in [0.4, 0.5) is 5.69 Å². The van der Waals surface area contributed by atoms with Gasteiger partial charge in [0, 0.05) is 47.1 Å². The van der Waals surface area contributed by atoms with Gasteiger partial charge in [0.15, 0.2) is 0 Å². The Labute approximate surface area is 209 Å². The van der Waals surface area contributed by atoms with Crippen molar-refractivity contribution in [2.45, 2.75) is 37.1 Å². The van der Waals surface area contributed by atoms with E-state index in [4.69, 9.17) is 34.8 Å². The zero-order valence-corrected chi connectivity index (χ0v) is 21.5. The quantitative estimate of drug-likeness (QED) is 0.417. The van der Waals surface area contributed by atoms with E-state index in [0.717, 1.165) is 24.6 Å². The summed E-state index contributed by atoms with van der Waals surface area (Å²) >= 11 is 20.4. The molecule has 0 bridgehead atoms. The lowest BCUT2D eigenvalue weighted by Gasteiger charge is -2.32. The van der Waals surface area contributed by atoms with Crippen LogP contribution in [0.5, 0.6) is 0 Å². The molecule has 5 nitrogen and oxygen atoms in total. The highest BCUT2D eigenvalue weighted by atomic mass is 35.5. The van der Waals surface area contributed by atoms with E-state index in [0.29, 0.717) is 35.0 Å². The van der Waals surface area contributed by atoms with Crippen molar-refractivity contribution in [2.24, 2.45) is 0 Å². The lowest BCUT2D eigenvalue weighted by Crippen LogP contribution is -2.40. The van der Waals surface area contributed by atoms with Crippen LogP contribution in [0.3, 0.4) is 0 Å². The highest BCUT2D eigenvalue weighted by Crippen LogP contribution is 2.35. The number of amides is 1. The smallest absolute Gasteiger partial charge is 0.264 e. The monoisotopic (exact) mass is 534 g/mol. The van der Waals surface area contributed by atoms with Crippen LogP contribution in [-0.4, -0.2) is 49.9 Å². The minimum Gasteiger partial charge on any atom is -0.341 e. The Balaban J connectivity index is 1.82. The summed E-state index contributed by atoms with van der Waals surface area (Å²) in [5, 5.41) is 1.10. The van der Waals surface area contributed by atoms with Gasteiger partial charge < -0.3 is 4.90 Å². The largest absolute Gasteiger partial charge is 0.341 e. The van der Waals surface area contributed by atoms with Gasteiger partial charge in [-0.05, 0) is 62.2 Å². The number of rotatable bonds is 8. The number of benzene rings is 2. The molecule has 0 aromatic heterocycles. The molecule has 1 atom stereocenters. The minimum absolute atomic E-state index is 0.103. The molecule has 1 fully saturated rings. The first-order valence-corrected chi connectivity index (χ1v) is 14.0. The first-order chi connectivity index (χ1) is 15.2. The van der Waals surface area contributed by atoms with Crippen molar-refractivity contribution in [1.82, 2.24) is 4.90 Å². The Morgan fingerprint density at radius 2 is 1.69 bits per heavy atom. The summed E-state index contributed by atoms with van der Waals surface area (Å²) in [6, 6.07) is 10.3. The molecule has 0 spiro atoms. The maximum Gasteiger partial charge on any atom is 0.264 e. The summed E-state index contributed by atoms with van der Waals surface area (Å²) in [5.74, 6) is 2.04. The Bertz CT molecular complexity index is 1040. The molecule has 1 unspecified atom stereocenters. The van der Waals surface area contributed by atoms with Crippen molar-refractivity contribution in [3.63, 3.8) is 0 Å². The second kappa shape index (κ2) is 11.3. The molecule has 1 aliphatic heterocycles. The summed E-state index contributed by atoms with van der Waals surface area (Å²) in [4.78, 5) is 14.5. The number of carbonyl (C=O) groups is 1. The fraction of sp³-hybridized carbons (Fsp3) is 0.409. The highest BCUT2D eigenvalue weighted by molar-refractivity contribution is 7.99. The molecule has 32 heavy (non-hydrogen) atoms. The van der Waals surface area contributed by atoms with Gasteiger partial charge in [-0.15, -0.1) is 0 Å². The highest BCUT2D eigenvalue weighted by Gasteiger charge is 2.31. The lowest BCUT2D eigenvalue weighted by atomic mass is 10.1. The van der Waals surface area contributed by atoms with Crippen molar-refractivity contribution in [2.75, 3.05) is 28.9 Å². The van der Waals surface area contributed by atoms with Crippen LogP contribution in [0.1, 0.15) is 26.2 Å². The van der Waals surface area contributed by atoms with Crippen LogP contribution >= 0.6 is 46.6 Å². The molecule has 1 saturated heterocycles. The summed E-state index contributed by atoms with van der Waals surface area (Å²) in [6.45, 7) is 3.36. The summed E-state index contributed by atoms with van der Waals surface area (Å²) < 4.78 is 28.5. The number of nitrogens with zero attached hydrogens (tertiary/aromatic N) is 2. The third-order valence-electron chi connectivity index (χ3n) is 5.29. The van der Waals surface area contributed by atoms with Crippen LogP contribution in [0.2, 0.25) is 15.1 Å². The average molecular weight is 536 g/mol. The van der Waals surface area contributed by atoms with E-state index in [2.05, 4.69) is 0 Å². The van der Waals surface area contributed by atoms with Gasteiger partial charge in [0.05, 0.1) is 15.6 Å². The van der Waals surface area contributed by atoms with Crippen LogP contribution < -0.4 is 4.31 Å². The predicted molar refractivity (Wildman–Crippen MR) is 135 cm³/mol. The number of hydrogen-bond acceptors (Lipinski definition) is 4. The normalized spacial score (nSPS) is 15.4. The second-order valence-electron chi connectivity index (χ2n) is 7.58. The van der Waals surface area contributed by atoms with Crippen molar-refractivity contribution in [3.8, 4) is 0 Å². The molecular formula is C22H25Cl3N2O3S2. The van der Waals surface area contributed by atoms with Gasteiger partial charge in [0.2, 0.25) is 5.91 Å². The molecule has 1 heterocycles. The van der Waals surface area contributed by atoms with Crippen molar-refractivity contribution < 1.29 is 13.2 Å². The first kappa shape index (κ1) is 25.5. The predicted octanol–water partition coefficient (Wildman–Crippen LogP) is 5.98. The second-order valence-corrected chi connectivity index (χ2v) is 11.9. The van der Waals surface area contributed by atoms with Crippen molar-refractivity contribution >= 4 is 68.2 Å². The molecule has 1 aliphatic rings. The van der Waals surface area contributed by atoms with Gasteiger partial charge in [-0.25, -0.2) is 8.42 Å². The molecule has 0 aliphatic carbocycles. The first-order valence-electron chi connectivity index (χ1n) is 10.3. The number of sulfonamides is 1. The standard InChI is InChI=1S/C22H25Cl3N2O3S2/c1-16(3-2-4-22(28)26-11-13-31-14-12-26)27(21-15-18(24)7-10-20(21)25)32(29,30)19-8-5-17(23)6-9-19/h5-10,15-16H,2-4,11-14H2,1H3. The minimum atomic E-state index is -3.95. The lowest BCUT2D eigenvalue weighted by molar-refractivity contribution is -0.130. The zero-order chi connectivity index (χ0) is 23.3. The zero-order valence-electron chi connectivity index (χ0n) is 17.6. The van der Waals surface area contributed by atoms with E-state index < -0.39 is 16.1 Å². The number of hydrogen-bond donors (Lipinski definition) is 0. The number of carbonyl (C=O) groups excluding carboxylic acids is 1. The molecule has 2 aromatic carbocycles. The molecule has 174 valence electrons. The van der Waals surface area contributed by atoms with Crippen LogP contribution in [0.25, 0.3) is 0 Å². The fourth-order valence-electron chi connectivity index (χ4n) is 3.62. The van der Waals surface area contributed by atoms with Gasteiger partial charge in [0.25, 0.3) is 10.0 Å². The maximum atomic E-state index is 13.6. The number of halogens is 3. The van der Waals surface area contributed by atoms with E-state index in [-0.39, 0.29) is 15.8 Å². The molecule has 0 radical (unpaired) electrons. The molecule has 10 heteroatoms. The van der Waals surface area contributed by atoms with Gasteiger partial charge in [-0.1, -0.05) is 34.8 Å². The van der Waals surface area contributed by atoms with E-state index >= 15 is 0 Å². The van der Waals surface area contributed by atoms with Crippen LogP contribution in [-0.2, 0) is 14.8 Å². The van der Waals surface area contributed by atoms with Crippen molar-refractivity contribution in [3.05, 3.63) is 57.5 Å². The van der Waals surface area contributed by atoms with Crippen LogP contribution in [0, 0.1) is 0 Å². The van der Waals surface area contributed by atoms with E-state index in [1.165, 1.54) is 28.6 Å². The SMILES string of the molecule is CC(CCCC(=O)N1CCSCC1)N(c1cc(Cl)ccc1Cl)S(=O)(=O)c1ccc(Cl)cc1. The van der Waals surface area contributed by atoms with Gasteiger partial charge in [-0.2, -0.15) is 11.8 Å². The van der Waals surface area contributed by atoms with Crippen molar-refractivity contribution in [1.29, 1.82) is 0 Å². The third kappa shape index (κ3) is 6.26. The Morgan fingerprint density at radius 3 is 2.34 bits per heavy atom. The summed E-state index contributed by atoms with van der Waals surface area (Å²) in [7, 11) is -3.95. The van der Waals surface area contributed by atoms with Gasteiger partial charge in [-0.3, -0.25) is 9.10 Å². The fourth-order valence-corrected chi connectivity index (χ4v) is 6.77.